The van der Waals surface area contributed by atoms with E-state index in [-0.39, 0.29) is 4.21 Å². The van der Waals surface area contributed by atoms with Gasteiger partial charge >= 0.3 is 0 Å². The Bertz CT molecular complexity index is 468. The van der Waals surface area contributed by atoms with Gasteiger partial charge in [-0.2, -0.15) is 0 Å². The zero-order chi connectivity index (χ0) is 13.1. The lowest BCUT2D eigenvalue weighted by atomic mass is 10.1. The molecule has 1 aromatic rings. The summed E-state index contributed by atoms with van der Waals surface area (Å²) in [4.78, 5) is 4.20. The summed E-state index contributed by atoms with van der Waals surface area (Å²) in [7, 11) is -3.65. The molecule has 0 amide bonds. The summed E-state index contributed by atoms with van der Waals surface area (Å²) in [5.74, 6) is 0. The van der Waals surface area contributed by atoms with E-state index in [4.69, 9.17) is 5.14 Å². The smallest absolute Gasteiger partial charge is 0.249 e. The lowest BCUT2D eigenvalue weighted by Crippen LogP contribution is -2.17. The topological polar surface area (TPSA) is 85.1 Å². The highest BCUT2D eigenvalue weighted by Gasteiger charge is 2.18. The van der Waals surface area contributed by atoms with E-state index in [2.05, 4.69) is 24.1 Å². The third kappa shape index (κ3) is 3.93. The molecule has 0 radical (unpaired) electrons. The molecule has 0 saturated heterocycles. The van der Waals surface area contributed by atoms with Crippen molar-refractivity contribution >= 4 is 26.5 Å². The van der Waals surface area contributed by atoms with Gasteiger partial charge < -0.3 is 5.32 Å². The summed E-state index contributed by atoms with van der Waals surface area (Å²) in [6.45, 7) is 5.86. The predicted octanol–water partition coefficient (Wildman–Crippen LogP) is 2.09. The van der Waals surface area contributed by atoms with Gasteiger partial charge in [0.05, 0.1) is 5.69 Å². The van der Waals surface area contributed by atoms with Crippen LogP contribution in [0.1, 0.15) is 38.8 Å². The van der Waals surface area contributed by atoms with Crippen LogP contribution in [0.25, 0.3) is 0 Å². The Hall–Kier alpha value is -0.660. The summed E-state index contributed by atoms with van der Waals surface area (Å²) in [5, 5.41) is 8.99. The van der Waals surface area contributed by atoms with Crippen LogP contribution in [0.5, 0.6) is 0 Å². The molecule has 1 unspecified atom stereocenters. The molecule has 0 aliphatic heterocycles. The van der Waals surface area contributed by atoms with E-state index in [0.717, 1.165) is 30.6 Å². The number of nitrogens with one attached hydrogen (secondary N) is 1. The molecule has 3 N–H and O–H groups in total. The zero-order valence-corrected chi connectivity index (χ0v) is 12.0. The van der Waals surface area contributed by atoms with E-state index >= 15 is 0 Å². The minimum absolute atomic E-state index is 0.145. The van der Waals surface area contributed by atoms with Gasteiger partial charge in [0.15, 0.2) is 9.34 Å². The summed E-state index contributed by atoms with van der Waals surface area (Å²) in [6.07, 6.45) is 3.11. The van der Waals surface area contributed by atoms with Gasteiger partial charge in [-0.15, -0.1) is 0 Å². The Morgan fingerprint density at radius 2 is 2.12 bits per heavy atom. The van der Waals surface area contributed by atoms with Gasteiger partial charge in [0.1, 0.15) is 0 Å². The first-order valence-corrected chi connectivity index (χ1v) is 8.01. The van der Waals surface area contributed by atoms with Crippen molar-refractivity contribution in [1.82, 2.24) is 4.98 Å². The molecule has 7 heteroatoms. The van der Waals surface area contributed by atoms with Gasteiger partial charge in [0, 0.05) is 6.04 Å². The summed E-state index contributed by atoms with van der Waals surface area (Å²) in [5.41, 5.74) is 0.464. The molecule has 1 heterocycles. The standard InChI is InChI=1S/C10H19N3O2S2/c1-4-6-8(5-2)13-10-12-7(3)9(16-10)17(11,14)15/h8H,4-6H2,1-3H3,(H,12,13)(H2,11,14,15). The van der Waals surface area contributed by atoms with E-state index in [1.54, 1.807) is 6.92 Å². The highest BCUT2D eigenvalue weighted by atomic mass is 32.2. The fourth-order valence-corrected chi connectivity index (χ4v) is 3.55. The van der Waals surface area contributed by atoms with E-state index in [1.807, 2.05) is 0 Å². The number of aryl methyl sites for hydroxylation is 1. The molecule has 98 valence electrons. The average Bonchev–Trinajstić information content (AvgIpc) is 2.58. The van der Waals surface area contributed by atoms with Crippen LogP contribution in [0.15, 0.2) is 4.21 Å². The maximum absolute atomic E-state index is 11.3. The van der Waals surface area contributed by atoms with Gasteiger partial charge in [-0.1, -0.05) is 31.6 Å². The Morgan fingerprint density at radius 1 is 1.47 bits per heavy atom. The van der Waals surface area contributed by atoms with Gasteiger partial charge in [0.25, 0.3) is 0 Å². The molecular formula is C10H19N3O2S2. The van der Waals surface area contributed by atoms with Crippen LogP contribution in [0.3, 0.4) is 0 Å². The van der Waals surface area contributed by atoms with Crippen molar-refractivity contribution in [3.8, 4) is 0 Å². The minimum atomic E-state index is -3.65. The number of hydrogen-bond donors (Lipinski definition) is 2. The highest BCUT2D eigenvalue weighted by Crippen LogP contribution is 2.27. The van der Waals surface area contributed by atoms with Crippen LogP contribution < -0.4 is 10.5 Å². The number of primary sulfonamides is 1. The SMILES string of the molecule is CCCC(CC)Nc1nc(C)c(S(N)(=O)=O)s1. The molecule has 1 atom stereocenters. The van der Waals surface area contributed by atoms with Crippen molar-refractivity contribution in [3.05, 3.63) is 5.69 Å². The second kappa shape index (κ2) is 5.79. The van der Waals surface area contributed by atoms with Crippen LogP contribution in [-0.2, 0) is 10.0 Å². The van der Waals surface area contributed by atoms with Crippen molar-refractivity contribution < 1.29 is 8.42 Å². The molecule has 0 saturated carbocycles. The second-order valence-electron chi connectivity index (χ2n) is 3.98. The maximum atomic E-state index is 11.3. The summed E-state index contributed by atoms with van der Waals surface area (Å²) >= 11 is 1.10. The van der Waals surface area contributed by atoms with Crippen molar-refractivity contribution in [3.63, 3.8) is 0 Å². The Kier molecular flexibility index (Phi) is 4.91. The highest BCUT2D eigenvalue weighted by molar-refractivity contribution is 7.91. The van der Waals surface area contributed by atoms with Gasteiger partial charge in [-0.25, -0.2) is 18.5 Å². The largest absolute Gasteiger partial charge is 0.359 e. The van der Waals surface area contributed by atoms with Crippen LogP contribution in [-0.4, -0.2) is 19.4 Å². The van der Waals surface area contributed by atoms with E-state index in [9.17, 15) is 8.42 Å². The van der Waals surface area contributed by atoms with Gasteiger partial charge in [-0.3, -0.25) is 0 Å². The molecular weight excluding hydrogens is 258 g/mol. The molecule has 1 aromatic heterocycles. The number of nitrogens with zero attached hydrogens (tertiary/aromatic N) is 1. The molecule has 17 heavy (non-hydrogen) atoms. The van der Waals surface area contributed by atoms with Crippen LogP contribution in [0.2, 0.25) is 0 Å². The quantitative estimate of drug-likeness (QED) is 0.833. The predicted molar refractivity (Wildman–Crippen MR) is 70.8 cm³/mol. The lowest BCUT2D eigenvalue weighted by molar-refractivity contribution is 0.599. The minimum Gasteiger partial charge on any atom is -0.359 e. The summed E-state index contributed by atoms with van der Waals surface area (Å²) < 4.78 is 22.7. The molecule has 0 bridgehead atoms. The fourth-order valence-electron chi connectivity index (χ4n) is 1.61. The van der Waals surface area contributed by atoms with Gasteiger partial charge in [0.2, 0.25) is 10.0 Å². The fraction of sp³-hybridized carbons (Fsp3) is 0.700. The number of sulfonamides is 1. The van der Waals surface area contributed by atoms with Crippen molar-refractivity contribution in [1.29, 1.82) is 0 Å². The molecule has 0 aromatic carbocycles. The number of thiazole rings is 1. The van der Waals surface area contributed by atoms with Gasteiger partial charge in [-0.05, 0) is 19.8 Å². The first-order chi connectivity index (χ1) is 7.88. The van der Waals surface area contributed by atoms with E-state index in [1.165, 1.54) is 0 Å². The first-order valence-electron chi connectivity index (χ1n) is 5.65. The Labute approximate surface area is 106 Å². The van der Waals surface area contributed by atoms with Crippen molar-refractivity contribution in [2.45, 2.75) is 50.3 Å². The Morgan fingerprint density at radius 3 is 2.53 bits per heavy atom. The number of aromatic nitrogens is 1. The average molecular weight is 277 g/mol. The molecule has 0 aliphatic rings. The van der Waals surface area contributed by atoms with Crippen molar-refractivity contribution in [2.75, 3.05) is 5.32 Å². The normalized spacial score (nSPS) is 13.6. The molecule has 1 rings (SSSR count). The number of rotatable bonds is 6. The third-order valence-electron chi connectivity index (χ3n) is 2.47. The number of nitrogens with two attached hydrogens (primary N) is 1. The molecule has 5 nitrogen and oxygen atoms in total. The number of hydrogen-bond acceptors (Lipinski definition) is 5. The zero-order valence-electron chi connectivity index (χ0n) is 10.4. The molecule has 0 spiro atoms. The van der Waals surface area contributed by atoms with Crippen LogP contribution >= 0.6 is 11.3 Å². The Balaban J connectivity index is 2.87. The summed E-state index contributed by atoms with van der Waals surface area (Å²) in [6, 6.07) is 0.332. The van der Waals surface area contributed by atoms with Crippen LogP contribution in [0.4, 0.5) is 5.13 Å². The molecule has 0 fully saturated rings. The van der Waals surface area contributed by atoms with E-state index in [0.29, 0.717) is 16.9 Å². The monoisotopic (exact) mass is 277 g/mol. The maximum Gasteiger partial charge on any atom is 0.249 e. The molecule has 0 aliphatic carbocycles. The number of anilines is 1. The van der Waals surface area contributed by atoms with Crippen LogP contribution in [0, 0.1) is 6.92 Å². The lowest BCUT2D eigenvalue weighted by Gasteiger charge is -2.14. The first kappa shape index (κ1) is 14.4. The third-order valence-corrected chi connectivity index (χ3v) is 5.11. The van der Waals surface area contributed by atoms with E-state index < -0.39 is 10.0 Å². The van der Waals surface area contributed by atoms with Crippen molar-refractivity contribution in [2.24, 2.45) is 5.14 Å². The second-order valence-corrected chi connectivity index (χ2v) is 6.73.